The quantitative estimate of drug-likeness (QED) is 0.701. The second kappa shape index (κ2) is 7.01. The van der Waals surface area contributed by atoms with Crippen molar-refractivity contribution in [3.05, 3.63) is 47.0 Å². The fourth-order valence-corrected chi connectivity index (χ4v) is 4.71. The van der Waals surface area contributed by atoms with Crippen molar-refractivity contribution in [2.75, 3.05) is 33.9 Å². The summed E-state index contributed by atoms with van der Waals surface area (Å²) in [7, 11) is 3.37. The van der Waals surface area contributed by atoms with Gasteiger partial charge in [-0.1, -0.05) is 30.4 Å². The number of hydrogen-bond donors (Lipinski definition) is 0. The number of ether oxygens (including phenoxy) is 2. The van der Waals surface area contributed by atoms with Crippen LogP contribution in [0.15, 0.2) is 30.4 Å². The van der Waals surface area contributed by atoms with E-state index < -0.39 is 17.4 Å². The molecule has 150 valence electrons. The normalized spacial score (nSPS) is 30.2. The van der Waals surface area contributed by atoms with Crippen LogP contribution in [-0.4, -0.2) is 67.2 Å². The van der Waals surface area contributed by atoms with Crippen molar-refractivity contribution in [2.24, 2.45) is 11.8 Å². The molecule has 4 rings (SSSR count). The Kier molecular flexibility index (Phi) is 4.79. The summed E-state index contributed by atoms with van der Waals surface area (Å²) in [5.41, 5.74) is 2.89. The van der Waals surface area contributed by atoms with Gasteiger partial charge in [-0.2, -0.15) is 0 Å². The molecule has 0 aliphatic carbocycles. The van der Waals surface area contributed by atoms with Gasteiger partial charge >= 0.3 is 0 Å². The standard InChI is InChI=1S/C22H28N2O4/c1-14-5-6-16(11-15(14)2)12-24-13-22-8-7-17(28-22)18(19(22)21(24)26)20(25)23(3)9-10-27-4/h5-8,11,17-19H,9-10,12-13H2,1-4H3/t17-,18?,19?,22-/m0/s1. The molecule has 2 unspecified atom stereocenters. The second-order valence-electron chi connectivity index (χ2n) is 8.27. The van der Waals surface area contributed by atoms with Gasteiger partial charge in [-0.05, 0) is 30.5 Å². The van der Waals surface area contributed by atoms with Crippen LogP contribution < -0.4 is 0 Å². The van der Waals surface area contributed by atoms with Crippen LogP contribution >= 0.6 is 0 Å². The summed E-state index contributed by atoms with van der Waals surface area (Å²) in [5, 5.41) is 0. The number of benzene rings is 1. The predicted octanol–water partition coefficient (Wildman–Crippen LogP) is 1.69. The number of carbonyl (C=O) groups is 2. The molecule has 0 aromatic heterocycles. The molecule has 6 heteroatoms. The van der Waals surface area contributed by atoms with Crippen LogP contribution in [0.4, 0.5) is 0 Å². The summed E-state index contributed by atoms with van der Waals surface area (Å²) in [6.07, 6.45) is 3.64. The van der Waals surface area contributed by atoms with E-state index in [1.807, 2.05) is 17.1 Å². The largest absolute Gasteiger partial charge is 0.383 e. The van der Waals surface area contributed by atoms with Gasteiger partial charge in [-0.3, -0.25) is 9.59 Å². The smallest absolute Gasteiger partial charge is 0.230 e. The fourth-order valence-electron chi connectivity index (χ4n) is 4.71. The van der Waals surface area contributed by atoms with E-state index >= 15 is 0 Å². The van der Waals surface area contributed by atoms with E-state index in [-0.39, 0.29) is 17.9 Å². The van der Waals surface area contributed by atoms with Gasteiger partial charge in [0, 0.05) is 27.2 Å². The zero-order valence-electron chi connectivity index (χ0n) is 17.0. The first-order valence-corrected chi connectivity index (χ1v) is 9.82. The number of rotatable bonds is 6. The van der Waals surface area contributed by atoms with Gasteiger partial charge in [-0.25, -0.2) is 0 Å². The third kappa shape index (κ3) is 2.95. The van der Waals surface area contributed by atoms with E-state index in [4.69, 9.17) is 9.47 Å². The van der Waals surface area contributed by atoms with Gasteiger partial charge in [0.05, 0.1) is 31.1 Å². The number of nitrogens with zero attached hydrogens (tertiary/aromatic N) is 2. The first-order chi connectivity index (χ1) is 13.4. The average molecular weight is 384 g/mol. The van der Waals surface area contributed by atoms with Crippen molar-refractivity contribution >= 4 is 11.8 Å². The minimum Gasteiger partial charge on any atom is -0.383 e. The van der Waals surface area contributed by atoms with Crippen molar-refractivity contribution in [2.45, 2.75) is 32.1 Å². The van der Waals surface area contributed by atoms with Gasteiger partial charge in [0.15, 0.2) is 0 Å². The van der Waals surface area contributed by atoms with E-state index in [0.29, 0.717) is 26.2 Å². The molecule has 2 bridgehead atoms. The molecule has 3 aliphatic rings. The molecule has 0 saturated carbocycles. The van der Waals surface area contributed by atoms with E-state index in [9.17, 15) is 9.59 Å². The monoisotopic (exact) mass is 384 g/mol. The van der Waals surface area contributed by atoms with Crippen LogP contribution in [-0.2, 0) is 25.6 Å². The SMILES string of the molecule is COCCN(C)C(=O)C1C2C(=O)N(Cc3ccc(C)c(C)c3)C[C@@]23C=C[C@@H]1O3. The topological polar surface area (TPSA) is 59.1 Å². The third-order valence-corrected chi connectivity index (χ3v) is 6.42. The Hall–Kier alpha value is -2.18. The lowest BCUT2D eigenvalue weighted by molar-refractivity contribution is -0.142. The highest BCUT2D eigenvalue weighted by Crippen LogP contribution is 2.52. The molecule has 28 heavy (non-hydrogen) atoms. The fraction of sp³-hybridized carbons (Fsp3) is 0.545. The summed E-state index contributed by atoms with van der Waals surface area (Å²) < 4.78 is 11.3. The highest BCUT2D eigenvalue weighted by Gasteiger charge is 2.67. The van der Waals surface area contributed by atoms with E-state index in [0.717, 1.165) is 5.56 Å². The molecule has 2 fully saturated rings. The molecule has 1 aromatic rings. The Morgan fingerprint density at radius 2 is 2.14 bits per heavy atom. The number of amides is 2. The Morgan fingerprint density at radius 3 is 2.86 bits per heavy atom. The van der Waals surface area contributed by atoms with Gasteiger partial charge in [0.2, 0.25) is 11.8 Å². The molecule has 2 amide bonds. The van der Waals surface area contributed by atoms with Crippen molar-refractivity contribution < 1.29 is 19.1 Å². The molecule has 1 aromatic carbocycles. The highest BCUT2D eigenvalue weighted by molar-refractivity contribution is 5.93. The van der Waals surface area contributed by atoms with Gasteiger partial charge in [-0.15, -0.1) is 0 Å². The molecule has 6 nitrogen and oxygen atoms in total. The Balaban J connectivity index is 1.54. The van der Waals surface area contributed by atoms with E-state index in [1.54, 1.807) is 19.1 Å². The molecule has 3 heterocycles. The Morgan fingerprint density at radius 1 is 1.36 bits per heavy atom. The van der Waals surface area contributed by atoms with E-state index in [1.165, 1.54) is 11.1 Å². The maximum absolute atomic E-state index is 13.3. The first-order valence-electron chi connectivity index (χ1n) is 9.82. The molecule has 0 radical (unpaired) electrons. The predicted molar refractivity (Wildman–Crippen MR) is 105 cm³/mol. The number of methoxy groups -OCH3 is 1. The maximum Gasteiger partial charge on any atom is 0.230 e. The van der Waals surface area contributed by atoms with Gasteiger partial charge < -0.3 is 19.3 Å². The third-order valence-electron chi connectivity index (χ3n) is 6.42. The molecule has 2 saturated heterocycles. The Labute approximate surface area is 166 Å². The van der Waals surface area contributed by atoms with Crippen molar-refractivity contribution in [3.8, 4) is 0 Å². The molecule has 3 aliphatic heterocycles. The van der Waals surface area contributed by atoms with E-state index in [2.05, 4.69) is 32.0 Å². The lowest BCUT2D eigenvalue weighted by Crippen LogP contribution is -2.45. The lowest BCUT2D eigenvalue weighted by Gasteiger charge is -2.27. The zero-order chi connectivity index (χ0) is 20.1. The van der Waals surface area contributed by atoms with Crippen LogP contribution in [0.1, 0.15) is 16.7 Å². The molecule has 4 atom stereocenters. The molecular formula is C22H28N2O4. The lowest BCUT2D eigenvalue weighted by atomic mass is 9.76. The average Bonchev–Trinajstić information content (AvgIpc) is 3.30. The van der Waals surface area contributed by atoms with Crippen molar-refractivity contribution in [1.29, 1.82) is 0 Å². The summed E-state index contributed by atoms with van der Waals surface area (Å²) in [4.78, 5) is 29.8. The van der Waals surface area contributed by atoms with Crippen LogP contribution in [0, 0.1) is 25.7 Å². The number of likely N-dealkylation sites (tertiary alicyclic amines) is 1. The van der Waals surface area contributed by atoms with Crippen molar-refractivity contribution in [1.82, 2.24) is 9.80 Å². The molecular weight excluding hydrogens is 356 g/mol. The number of aryl methyl sites for hydroxylation is 2. The van der Waals surface area contributed by atoms with Crippen LogP contribution in [0.3, 0.4) is 0 Å². The summed E-state index contributed by atoms with van der Waals surface area (Å²) in [6, 6.07) is 6.28. The maximum atomic E-state index is 13.3. The molecule has 0 N–H and O–H groups in total. The number of fused-ring (bicyclic) bond motifs is 1. The molecule has 1 spiro atoms. The van der Waals surface area contributed by atoms with Gasteiger partial charge in [0.1, 0.15) is 5.60 Å². The van der Waals surface area contributed by atoms with Crippen LogP contribution in [0.5, 0.6) is 0 Å². The summed E-state index contributed by atoms with van der Waals surface area (Å²) in [5.74, 6) is -0.918. The first kappa shape index (κ1) is 19.2. The highest BCUT2D eigenvalue weighted by atomic mass is 16.5. The number of likely N-dealkylation sites (N-methyl/N-ethyl adjacent to an activating group) is 1. The van der Waals surface area contributed by atoms with Gasteiger partial charge in [0.25, 0.3) is 0 Å². The van der Waals surface area contributed by atoms with Crippen LogP contribution in [0.25, 0.3) is 0 Å². The zero-order valence-corrected chi connectivity index (χ0v) is 17.0. The minimum atomic E-state index is -0.663. The number of hydrogen-bond acceptors (Lipinski definition) is 4. The van der Waals surface area contributed by atoms with Crippen LogP contribution in [0.2, 0.25) is 0 Å². The minimum absolute atomic E-state index is 0.0172. The summed E-state index contributed by atoms with van der Waals surface area (Å²) >= 11 is 0. The summed E-state index contributed by atoms with van der Waals surface area (Å²) in [6.45, 7) is 6.18. The van der Waals surface area contributed by atoms with Crippen molar-refractivity contribution in [3.63, 3.8) is 0 Å². The second-order valence-corrected chi connectivity index (χ2v) is 8.27. The Bertz CT molecular complexity index is 836. The number of carbonyl (C=O) groups excluding carboxylic acids is 2.